The quantitative estimate of drug-likeness (QED) is 0.683. The molecule has 0 spiro atoms. The van der Waals surface area contributed by atoms with Gasteiger partial charge >= 0.3 is 0 Å². The third-order valence-corrected chi connectivity index (χ3v) is 6.09. The van der Waals surface area contributed by atoms with Gasteiger partial charge in [0.1, 0.15) is 6.07 Å². The van der Waals surface area contributed by atoms with Crippen LogP contribution in [-0.2, 0) is 10.0 Å². The SMILES string of the molecule is CC(Nc1oc(-c2ccc(S(=O)(=O)N(C)C)cc2)nc1C#N)c1ccccc1. The lowest BCUT2D eigenvalue weighted by Gasteiger charge is -2.13. The topological polar surface area (TPSA) is 99.2 Å². The Morgan fingerprint density at radius 2 is 1.75 bits per heavy atom. The molecule has 0 aliphatic heterocycles. The van der Waals surface area contributed by atoms with Gasteiger partial charge in [-0.25, -0.2) is 12.7 Å². The van der Waals surface area contributed by atoms with Crippen LogP contribution in [0.25, 0.3) is 11.5 Å². The third-order valence-electron chi connectivity index (χ3n) is 4.26. The highest BCUT2D eigenvalue weighted by atomic mass is 32.2. The number of nitrogens with zero attached hydrogens (tertiary/aromatic N) is 3. The van der Waals surface area contributed by atoms with Crippen LogP contribution in [0.5, 0.6) is 0 Å². The van der Waals surface area contributed by atoms with Crippen LogP contribution in [0.3, 0.4) is 0 Å². The maximum absolute atomic E-state index is 12.2. The molecule has 144 valence electrons. The van der Waals surface area contributed by atoms with Gasteiger partial charge in [0, 0.05) is 19.7 Å². The number of aromatic nitrogens is 1. The van der Waals surface area contributed by atoms with E-state index in [1.165, 1.54) is 26.2 Å². The first-order valence-electron chi connectivity index (χ1n) is 8.58. The Morgan fingerprint density at radius 3 is 2.32 bits per heavy atom. The number of rotatable bonds is 6. The van der Waals surface area contributed by atoms with E-state index < -0.39 is 10.0 Å². The van der Waals surface area contributed by atoms with E-state index in [2.05, 4.69) is 10.3 Å². The molecule has 1 aromatic heterocycles. The summed E-state index contributed by atoms with van der Waals surface area (Å²) in [6, 6.07) is 17.9. The number of hydrogen-bond donors (Lipinski definition) is 1. The smallest absolute Gasteiger partial charge is 0.242 e. The van der Waals surface area contributed by atoms with Gasteiger partial charge < -0.3 is 9.73 Å². The molecule has 3 rings (SSSR count). The van der Waals surface area contributed by atoms with Crippen LogP contribution in [0.1, 0.15) is 24.2 Å². The summed E-state index contributed by atoms with van der Waals surface area (Å²) in [6.07, 6.45) is 0. The molecule has 1 atom stereocenters. The van der Waals surface area contributed by atoms with Crippen molar-refractivity contribution >= 4 is 15.9 Å². The van der Waals surface area contributed by atoms with Gasteiger partial charge in [0.05, 0.1) is 10.9 Å². The fourth-order valence-corrected chi connectivity index (χ4v) is 3.52. The van der Waals surface area contributed by atoms with Crippen LogP contribution in [0.15, 0.2) is 63.9 Å². The highest BCUT2D eigenvalue weighted by molar-refractivity contribution is 7.89. The third kappa shape index (κ3) is 3.91. The van der Waals surface area contributed by atoms with Crippen molar-refractivity contribution in [1.29, 1.82) is 5.26 Å². The van der Waals surface area contributed by atoms with Crippen LogP contribution in [0.4, 0.5) is 5.88 Å². The van der Waals surface area contributed by atoms with E-state index in [-0.39, 0.29) is 28.4 Å². The summed E-state index contributed by atoms with van der Waals surface area (Å²) in [7, 11) is -0.563. The molecule has 3 aromatic rings. The van der Waals surface area contributed by atoms with Crippen LogP contribution in [-0.4, -0.2) is 31.8 Å². The summed E-state index contributed by atoms with van der Waals surface area (Å²) in [5, 5.41) is 12.5. The average molecular weight is 396 g/mol. The molecule has 0 aliphatic rings. The van der Waals surface area contributed by atoms with Gasteiger partial charge in [-0.3, -0.25) is 0 Å². The van der Waals surface area contributed by atoms with Crippen molar-refractivity contribution in [3.63, 3.8) is 0 Å². The Bertz CT molecular complexity index is 1100. The molecule has 0 aliphatic carbocycles. The summed E-state index contributed by atoms with van der Waals surface area (Å²) in [6.45, 7) is 1.96. The lowest BCUT2D eigenvalue weighted by molar-refractivity contribution is 0.520. The average Bonchev–Trinajstić information content (AvgIpc) is 3.11. The number of oxazole rings is 1. The van der Waals surface area contributed by atoms with Crippen molar-refractivity contribution in [1.82, 2.24) is 9.29 Å². The predicted molar refractivity (Wildman–Crippen MR) is 106 cm³/mol. The van der Waals surface area contributed by atoms with E-state index in [1.54, 1.807) is 12.1 Å². The first-order chi connectivity index (χ1) is 13.3. The summed E-state index contributed by atoms with van der Waals surface area (Å²) < 4.78 is 31.2. The lowest BCUT2D eigenvalue weighted by atomic mass is 10.1. The minimum absolute atomic E-state index is 0.0817. The van der Waals surface area contributed by atoms with Gasteiger partial charge in [-0.15, -0.1) is 0 Å². The lowest BCUT2D eigenvalue weighted by Crippen LogP contribution is -2.22. The standard InChI is InChI=1S/C20H20N4O3S/c1-14(15-7-5-4-6-8-15)22-20-18(13-21)23-19(27-20)16-9-11-17(12-10-16)28(25,26)24(2)3/h4-12,14,22H,1-3H3. The number of benzene rings is 2. The van der Waals surface area contributed by atoms with Crippen LogP contribution >= 0.6 is 0 Å². The molecule has 1 N–H and O–H groups in total. The molecule has 0 radical (unpaired) electrons. The summed E-state index contributed by atoms with van der Waals surface area (Å²) >= 11 is 0. The summed E-state index contributed by atoms with van der Waals surface area (Å²) in [4.78, 5) is 4.39. The van der Waals surface area contributed by atoms with Crippen molar-refractivity contribution in [2.45, 2.75) is 17.9 Å². The monoisotopic (exact) mass is 396 g/mol. The molecule has 8 heteroatoms. The fourth-order valence-electron chi connectivity index (χ4n) is 2.62. The zero-order valence-corrected chi connectivity index (χ0v) is 16.6. The molecule has 0 saturated carbocycles. The van der Waals surface area contributed by atoms with Crippen molar-refractivity contribution in [3.05, 3.63) is 65.9 Å². The Hall–Kier alpha value is -3.15. The van der Waals surface area contributed by atoms with E-state index in [4.69, 9.17) is 4.42 Å². The summed E-state index contributed by atoms with van der Waals surface area (Å²) in [5.41, 5.74) is 1.76. The highest BCUT2D eigenvalue weighted by Gasteiger charge is 2.19. The van der Waals surface area contributed by atoms with Crippen molar-refractivity contribution in [2.75, 3.05) is 19.4 Å². The van der Waals surface area contributed by atoms with Gasteiger partial charge in [0.2, 0.25) is 27.5 Å². The molecule has 0 amide bonds. The van der Waals surface area contributed by atoms with E-state index >= 15 is 0 Å². The predicted octanol–water partition coefficient (Wildman–Crippen LogP) is 3.64. The van der Waals surface area contributed by atoms with E-state index in [9.17, 15) is 13.7 Å². The molecule has 1 heterocycles. The van der Waals surface area contributed by atoms with Gasteiger partial charge in [0.25, 0.3) is 0 Å². The molecule has 0 saturated heterocycles. The van der Waals surface area contributed by atoms with Crippen LogP contribution in [0, 0.1) is 11.3 Å². The minimum atomic E-state index is -3.51. The Morgan fingerprint density at radius 1 is 1.11 bits per heavy atom. The first-order valence-corrected chi connectivity index (χ1v) is 10.0. The van der Waals surface area contributed by atoms with Crippen LogP contribution in [0.2, 0.25) is 0 Å². The second-order valence-corrected chi connectivity index (χ2v) is 8.55. The fraction of sp³-hybridized carbons (Fsp3) is 0.200. The molecule has 28 heavy (non-hydrogen) atoms. The molecular formula is C20H20N4O3S. The second kappa shape index (κ2) is 7.84. The molecule has 2 aromatic carbocycles. The van der Waals surface area contributed by atoms with E-state index in [1.807, 2.05) is 43.3 Å². The number of sulfonamides is 1. The number of hydrogen-bond acceptors (Lipinski definition) is 6. The maximum Gasteiger partial charge on any atom is 0.242 e. The second-order valence-electron chi connectivity index (χ2n) is 6.40. The van der Waals surface area contributed by atoms with Gasteiger partial charge in [0.15, 0.2) is 0 Å². The number of anilines is 1. The van der Waals surface area contributed by atoms with Crippen LogP contribution < -0.4 is 5.32 Å². The molecule has 1 unspecified atom stereocenters. The largest absolute Gasteiger partial charge is 0.419 e. The Kier molecular flexibility index (Phi) is 5.49. The zero-order chi connectivity index (χ0) is 20.3. The minimum Gasteiger partial charge on any atom is -0.419 e. The molecule has 7 nitrogen and oxygen atoms in total. The highest BCUT2D eigenvalue weighted by Crippen LogP contribution is 2.29. The van der Waals surface area contributed by atoms with Gasteiger partial charge in [-0.05, 0) is 36.8 Å². The Labute approximate surface area is 164 Å². The van der Waals surface area contributed by atoms with Crippen molar-refractivity contribution in [3.8, 4) is 17.5 Å². The molecular weight excluding hydrogens is 376 g/mol. The van der Waals surface area contributed by atoms with Gasteiger partial charge in [-0.2, -0.15) is 10.2 Å². The van der Waals surface area contributed by atoms with E-state index in [0.717, 1.165) is 9.87 Å². The first kappa shape index (κ1) is 19.6. The normalized spacial score (nSPS) is 12.5. The number of nitrogens with one attached hydrogen (secondary N) is 1. The molecule has 0 fully saturated rings. The van der Waals surface area contributed by atoms with Gasteiger partial charge in [-0.1, -0.05) is 30.3 Å². The number of nitriles is 1. The maximum atomic E-state index is 12.2. The Balaban J connectivity index is 1.87. The van der Waals surface area contributed by atoms with Crippen molar-refractivity contribution in [2.24, 2.45) is 0 Å². The van der Waals surface area contributed by atoms with Crippen molar-refractivity contribution < 1.29 is 12.8 Å². The zero-order valence-electron chi connectivity index (χ0n) is 15.7. The molecule has 0 bridgehead atoms. The van der Waals surface area contributed by atoms with E-state index in [0.29, 0.717) is 5.56 Å². The summed E-state index contributed by atoms with van der Waals surface area (Å²) in [5.74, 6) is 0.520.